The summed E-state index contributed by atoms with van der Waals surface area (Å²) in [5, 5.41) is 14.2. The molecule has 0 aliphatic carbocycles. The number of carboxylic acids is 1. The maximum atomic E-state index is 11.6. The first-order valence-electron chi connectivity index (χ1n) is 6.79. The first-order chi connectivity index (χ1) is 9.02. The Balaban J connectivity index is 3.85. The van der Waals surface area contributed by atoms with Crippen molar-refractivity contribution in [1.82, 2.24) is 10.6 Å². The molecule has 0 bridgehead atoms. The van der Waals surface area contributed by atoms with Crippen molar-refractivity contribution in [2.45, 2.75) is 45.6 Å². The second kappa shape index (κ2) is 10.6. The maximum absolute atomic E-state index is 11.6. The highest BCUT2D eigenvalue weighted by atomic mass is 16.5. The number of carboxylic acid groups (broad SMARTS) is 1. The molecule has 0 rings (SSSR count). The highest BCUT2D eigenvalue weighted by molar-refractivity contribution is 5.82. The van der Waals surface area contributed by atoms with Crippen molar-refractivity contribution in [3.8, 4) is 0 Å². The van der Waals surface area contributed by atoms with E-state index in [9.17, 15) is 9.59 Å². The van der Waals surface area contributed by atoms with Crippen molar-refractivity contribution in [2.75, 3.05) is 20.3 Å². The Labute approximate surface area is 114 Å². The Bertz CT molecular complexity index is 271. The largest absolute Gasteiger partial charge is 0.480 e. The summed E-state index contributed by atoms with van der Waals surface area (Å²) in [6.07, 6.45) is 3.50. The first-order valence-corrected chi connectivity index (χ1v) is 6.79. The van der Waals surface area contributed by atoms with Crippen molar-refractivity contribution in [1.29, 1.82) is 0 Å². The molecule has 19 heavy (non-hydrogen) atoms. The second-order valence-corrected chi connectivity index (χ2v) is 4.66. The second-order valence-electron chi connectivity index (χ2n) is 4.66. The topological polar surface area (TPSA) is 87.7 Å². The van der Waals surface area contributed by atoms with E-state index in [1.807, 2.05) is 13.8 Å². The third-order valence-electron chi connectivity index (χ3n) is 3.08. The summed E-state index contributed by atoms with van der Waals surface area (Å²) in [6, 6.07) is -1.25. The molecule has 0 unspecified atom stereocenters. The van der Waals surface area contributed by atoms with E-state index in [0.717, 1.165) is 25.9 Å². The van der Waals surface area contributed by atoms with Gasteiger partial charge in [0.1, 0.15) is 6.04 Å². The number of carbonyl (C=O) groups excluding carboxylic acids is 1. The molecule has 2 amide bonds. The van der Waals surface area contributed by atoms with Crippen LogP contribution in [0.2, 0.25) is 0 Å². The number of amides is 2. The van der Waals surface area contributed by atoms with Crippen LogP contribution in [0.1, 0.15) is 39.5 Å². The van der Waals surface area contributed by atoms with E-state index in [1.165, 1.54) is 0 Å². The van der Waals surface area contributed by atoms with Crippen LogP contribution < -0.4 is 10.6 Å². The van der Waals surface area contributed by atoms with Gasteiger partial charge in [0.05, 0.1) is 0 Å². The summed E-state index contributed by atoms with van der Waals surface area (Å²) >= 11 is 0. The van der Waals surface area contributed by atoms with Crippen molar-refractivity contribution in [2.24, 2.45) is 5.92 Å². The van der Waals surface area contributed by atoms with Gasteiger partial charge in [-0.15, -0.1) is 0 Å². The summed E-state index contributed by atoms with van der Waals surface area (Å²) in [5.74, 6) is -1.09. The Morgan fingerprint density at radius 2 is 1.95 bits per heavy atom. The van der Waals surface area contributed by atoms with Gasteiger partial charge in [-0.1, -0.05) is 20.3 Å². The van der Waals surface area contributed by atoms with Crippen LogP contribution in [-0.4, -0.2) is 43.4 Å². The Hall–Kier alpha value is -1.30. The lowest BCUT2D eigenvalue weighted by Gasteiger charge is -2.20. The number of hydrogen-bond acceptors (Lipinski definition) is 3. The monoisotopic (exact) mass is 274 g/mol. The molecular formula is C13H26N2O4. The predicted molar refractivity (Wildman–Crippen MR) is 73.1 cm³/mol. The minimum absolute atomic E-state index is 0.0926. The number of carbonyl (C=O) groups is 2. The van der Waals surface area contributed by atoms with E-state index >= 15 is 0 Å². The lowest BCUT2D eigenvalue weighted by atomic mass is 9.99. The molecule has 0 aromatic rings. The van der Waals surface area contributed by atoms with Crippen LogP contribution in [0.25, 0.3) is 0 Å². The number of rotatable bonds is 10. The molecule has 2 atom stereocenters. The van der Waals surface area contributed by atoms with E-state index in [-0.39, 0.29) is 5.92 Å². The van der Waals surface area contributed by atoms with Crippen molar-refractivity contribution in [3.63, 3.8) is 0 Å². The number of urea groups is 1. The predicted octanol–water partition coefficient (Wildman–Crippen LogP) is 1.60. The van der Waals surface area contributed by atoms with E-state index in [0.29, 0.717) is 13.0 Å². The van der Waals surface area contributed by atoms with Crippen LogP contribution in [0.3, 0.4) is 0 Å². The number of unbranched alkanes of at least 4 members (excludes halogenated alkanes) is 2. The molecule has 6 nitrogen and oxygen atoms in total. The van der Waals surface area contributed by atoms with Gasteiger partial charge in [-0.25, -0.2) is 9.59 Å². The van der Waals surface area contributed by atoms with Gasteiger partial charge in [0.2, 0.25) is 0 Å². The standard InChI is InChI=1S/C13H26N2O4/c1-4-10(2)11(12(16)17)15-13(18)14-8-6-5-7-9-19-3/h10-11H,4-9H2,1-3H3,(H,16,17)(H2,14,15,18)/t10-,11-/m0/s1. The lowest BCUT2D eigenvalue weighted by Crippen LogP contribution is -2.49. The zero-order valence-corrected chi connectivity index (χ0v) is 12.1. The van der Waals surface area contributed by atoms with Gasteiger partial charge in [0.15, 0.2) is 0 Å². The normalized spacial score (nSPS) is 13.6. The van der Waals surface area contributed by atoms with E-state index in [1.54, 1.807) is 7.11 Å². The fourth-order valence-corrected chi connectivity index (χ4v) is 1.63. The van der Waals surface area contributed by atoms with Gasteiger partial charge < -0.3 is 20.5 Å². The zero-order chi connectivity index (χ0) is 14.7. The summed E-state index contributed by atoms with van der Waals surface area (Å²) in [4.78, 5) is 22.6. The van der Waals surface area contributed by atoms with Gasteiger partial charge >= 0.3 is 12.0 Å². The van der Waals surface area contributed by atoms with E-state index in [2.05, 4.69) is 10.6 Å². The highest BCUT2D eigenvalue weighted by Gasteiger charge is 2.24. The SMILES string of the molecule is CC[C@H](C)[C@H](NC(=O)NCCCCCOC)C(=O)O. The molecule has 0 heterocycles. The fourth-order valence-electron chi connectivity index (χ4n) is 1.63. The van der Waals surface area contributed by atoms with Crippen molar-refractivity contribution in [3.05, 3.63) is 0 Å². The summed E-state index contributed by atoms with van der Waals surface area (Å²) < 4.78 is 4.92. The van der Waals surface area contributed by atoms with Crippen LogP contribution in [0.5, 0.6) is 0 Å². The van der Waals surface area contributed by atoms with E-state index in [4.69, 9.17) is 9.84 Å². The number of hydrogen-bond donors (Lipinski definition) is 3. The summed E-state index contributed by atoms with van der Waals surface area (Å²) in [5.41, 5.74) is 0. The van der Waals surface area contributed by atoms with Gasteiger partial charge in [-0.3, -0.25) is 0 Å². The fraction of sp³-hybridized carbons (Fsp3) is 0.846. The van der Waals surface area contributed by atoms with Crippen LogP contribution in [-0.2, 0) is 9.53 Å². The minimum Gasteiger partial charge on any atom is -0.480 e. The summed E-state index contributed by atoms with van der Waals surface area (Å²) in [7, 11) is 1.66. The first kappa shape index (κ1) is 17.7. The van der Waals surface area contributed by atoms with Crippen LogP contribution in [0, 0.1) is 5.92 Å². The molecule has 0 aliphatic rings. The van der Waals surface area contributed by atoms with Gasteiger partial charge in [-0.05, 0) is 25.2 Å². The Morgan fingerprint density at radius 3 is 2.47 bits per heavy atom. The molecule has 0 aliphatic heterocycles. The average molecular weight is 274 g/mol. The molecule has 0 saturated heterocycles. The number of methoxy groups -OCH3 is 1. The smallest absolute Gasteiger partial charge is 0.326 e. The quantitative estimate of drug-likeness (QED) is 0.528. The van der Waals surface area contributed by atoms with Crippen LogP contribution in [0.4, 0.5) is 4.79 Å². The molecule has 3 N–H and O–H groups in total. The third kappa shape index (κ3) is 8.42. The van der Waals surface area contributed by atoms with E-state index < -0.39 is 18.0 Å². The van der Waals surface area contributed by atoms with Gasteiger partial charge in [0, 0.05) is 20.3 Å². The third-order valence-corrected chi connectivity index (χ3v) is 3.08. The average Bonchev–Trinajstić information content (AvgIpc) is 2.38. The van der Waals surface area contributed by atoms with Gasteiger partial charge in [0.25, 0.3) is 0 Å². The van der Waals surface area contributed by atoms with Crippen LogP contribution >= 0.6 is 0 Å². The maximum Gasteiger partial charge on any atom is 0.326 e. The number of ether oxygens (including phenoxy) is 1. The molecular weight excluding hydrogens is 248 g/mol. The Kier molecular flexibility index (Phi) is 9.88. The highest BCUT2D eigenvalue weighted by Crippen LogP contribution is 2.07. The molecule has 0 aromatic carbocycles. The zero-order valence-electron chi connectivity index (χ0n) is 12.1. The molecule has 0 radical (unpaired) electrons. The minimum atomic E-state index is -0.996. The molecule has 0 spiro atoms. The molecule has 0 saturated carbocycles. The summed E-state index contributed by atoms with van der Waals surface area (Å²) in [6.45, 7) is 4.98. The Morgan fingerprint density at radius 1 is 1.26 bits per heavy atom. The van der Waals surface area contributed by atoms with Crippen LogP contribution in [0.15, 0.2) is 0 Å². The van der Waals surface area contributed by atoms with Crippen molar-refractivity contribution < 1.29 is 19.4 Å². The molecule has 0 aromatic heterocycles. The lowest BCUT2D eigenvalue weighted by molar-refractivity contribution is -0.140. The number of nitrogens with one attached hydrogen (secondary N) is 2. The van der Waals surface area contributed by atoms with Crippen molar-refractivity contribution >= 4 is 12.0 Å². The number of aliphatic carboxylic acids is 1. The molecule has 0 fully saturated rings. The molecule has 112 valence electrons. The van der Waals surface area contributed by atoms with Gasteiger partial charge in [-0.2, -0.15) is 0 Å². The molecule has 6 heteroatoms.